The Hall–Kier alpha value is -2.63. The Morgan fingerprint density at radius 3 is 2.78 bits per heavy atom. The van der Waals surface area contributed by atoms with E-state index in [-0.39, 0.29) is 17.0 Å². The van der Waals surface area contributed by atoms with E-state index in [2.05, 4.69) is 15.5 Å². The number of hydrogen-bond donors (Lipinski definition) is 3. The van der Waals surface area contributed by atoms with E-state index in [1.807, 2.05) is 6.92 Å². The van der Waals surface area contributed by atoms with Crippen molar-refractivity contribution in [2.75, 3.05) is 5.32 Å². The molecular formula is C12H11N3O3. The molecule has 0 saturated carbocycles. The van der Waals surface area contributed by atoms with Gasteiger partial charge in [0.25, 0.3) is 11.5 Å². The number of rotatable bonds is 2. The maximum atomic E-state index is 11.8. The summed E-state index contributed by atoms with van der Waals surface area (Å²) in [7, 11) is 0. The van der Waals surface area contributed by atoms with E-state index in [9.17, 15) is 14.7 Å². The van der Waals surface area contributed by atoms with Crippen LogP contribution in [-0.4, -0.2) is 21.2 Å². The lowest BCUT2D eigenvalue weighted by atomic mass is 10.2. The first-order valence-corrected chi connectivity index (χ1v) is 5.23. The van der Waals surface area contributed by atoms with Crippen LogP contribution in [0.25, 0.3) is 0 Å². The maximum Gasteiger partial charge on any atom is 0.276 e. The second-order valence-electron chi connectivity index (χ2n) is 3.78. The number of phenolic OH excluding ortho intramolecular Hbond substituents is 1. The Balaban J connectivity index is 2.23. The lowest BCUT2D eigenvalue weighted by molar-refractivity contribution is 0.102. The summed E-state index contributed by atoms with van der Waals surface area (Å²) in [5, 5.41) is 17.9. The SMILES string of the molecule is Cc1ccc(O)c(NC(=O)c2ccc(=O)[nH]n2)c1. The molecule has 0 atom stereocenters. The van der Waals surface area contributed by atoms with Crippen molar-refractivity contribution in [3.63, 3.8) is 0 Å². The molecule has 6 heteroatoms. The fourth-order valence-electron chi connectivity index (χ4n) is 1.41. The van der Waals surface area contributed by atoms with Crippen molar-refractivity contribution in [1.29, 1.82) is 0 Å². The second kappa shape index (κ2) is 4.70. The molecule has 3 N–H and O–H groups in total. The van der Waals surface area contributed by atoms with Crippen molar-refractivity contribution < 1.29 is 9.90 Å². The molecule has 0 aliphatic carbocycles. The van der Waals surface area contributed by atoms with Crippen LogP contribution >= 0.6 is 0 Å². The number of phenols is 1. The lowest BCUT2D eigenvalue weighted by Gasteiger charge is -2.07. The summed E-state index contributed by atoms with van der Waals surface area (Å²) in [6.45, 7) is 1.84. The molecule has 18 heavy (non-hydrogen) atoms. The average Bonchev–Trinajstić information content (AvgIpc) is 2.34. The van der Waals surface area contributed by atoms with Crippen LogP contribution < -0.4 is 10.9 Å². The van der Waals surface area contributed by atoms with Crippen molar-refractivity contribution in [2.24, 2.45) is 0 Å². The Kier molecular flexibility index (Phi) is 3.09. The minimum atomic E-state index is -0.507. The van der Waals surface area contributed by atoms with Crippen LogP contribution in [-0.2, 0) is 0 Å². The van der Waals surface area contributed by atoms with E-state index in [4.69, 9.17) is 0 Å². The van der Waals surface area contributed by atoms with Gasteiger partial charge in [-0.2, -0.15) is 5.10 Å². The van der Waals surface area contributed by atoms with Gasteiger partial charge in [-0.3, -0.25) is 9.59 Å². The molecule has 0 radical (unpaired) electrons. The van der Waals surface area contributed by atoms with Crippen molar-refractivity contribution in [2.45, 2.75) is 6.92 Å². The number of aromatic nitrogens is 2. The molecule has 0 fully saturated rings. The van der Waals surface area contributed by atoms with E-state index in [0.717, 1.165) is 5.56 Å². The first-order chi connectivity index (χ1) is 8.56. The van der Waals surface area contributed by atoms with Crippen LogP contribution in [0, 0.1) is 6.92 Å². The highest BCUT2D eigenvalue weighted by molar-refractivity contribution is 6.03. The van der Waals surface area contributed by atoms with E-state index in [1.54, 1.807) is 12.1 Å². The number of aryl methyl sites for hydroxylation is 1. The Labute approximate surface area is 102 Å². The number of hydrogen-bond acceptors (Lipinski definition) is 4. The highest BCUT2D eigenvalue weighted by atomic mass is 16.3. The third kappa shape index (κ3) is 2.54. The van der Waals surface area contributed by atoms with Crippen LogP contribution in [0.4, 0.5) is 5.69 Å². The quantitative estimate of drug-likeness (QED) is 0.689. The standard InChI is InChI=1S/C12H11N3O3/c1-7-2-4-10(16)9(6-7)13-12(18)8-3-5-11(17)15-14-8/h2-6,16H,1H3,(H,13,18)(H,15,17). The molecule has 2 aromatic rings. The van der Waals surface area contributed by atoms with Crippen molar-refractivity contribution in [3.05, 3.63) is 51.9 Å². The zero-order valence-corrected chi connectivity index (χ0v) is 9.60. The molecule has 2 rings (SSSR count). The van der Waals surface area contributed by atoms with Gasteiger partial charge in [0.1, 0.15) is 11.4 Å². The van der Waals surface area contributed by atoms with Gasteiger partial charge in [0, 0.05) is 6.07 Å². The number of aromatic amines is 1. The second-order valence-corrected chi connectivity index (χ2v) is 3.78. The van der Waals surface area contributed by atoms with Crippen LogP contribution in [0.1, 0.15) is 16.1 Å². The summed E-state index contributed by atoms with van der Waals surface area (Å²) in [4.78, 5) is 22.6. The molecule has 1 aromatic carbocycles. The van der Waals surface area contributed by atoms with Crippen molar-refractivity contribution >= 4 is 11.6 Å². The highest BCUT2D eigenvalue weighted by Crippen LogP contribution is 2.24. The number of H-pyrrole nitrogens is 1. The van der Waals surface area contributed by atoms with Gasteiger partial charge in [-0.15, -0.1) is 0 Å². The molecule has 6 nitrogen and oxygen atoms in total. The topological polar surface area (TPSA) is 95.1 Å². The van der Waals surface area contributed by atoms with Gasteiger partial charge in [-0.25, -0.2) is 5.10 Å². The molecule has 0 unspecified atom stereocenters. The Morgan fingerprint density at radius 2 is 2.11 bits per heavy atom. The van der Waals surface area contributed by atoms with Gasteiger partial charge in [-0.1, -0.05) is 6.07 Å². The van der Waals surface area contributed by atoms with Crippen molar-refractivity contribution in [1.82, 2.24) is 10.2 Å². The zero-order chi connectivity index (χ0) is 13.1. The van der Waals surface area contributed by atoms with E-state index in [0.29, 0.717) is 5.69 Å². The van der Waals surface area contributed by atoms with Gasteiger partial charge in [0.15, 0.2) is 0 Å². The molecule has 0 aliphatic rings. The first-order valence-electron chi connectivity index (χ1n) is 5.23. The van der Waals surface area contributed by atoms with Crippen LogP contribution in [0.2, 0.25) is 0 Å². The third-order valence-electron chi connectivity index (χ3n) is 2.31. The number of aromatic hydroxyl groups is 1. The summed E-state index contributed by atoms with van der Waals surface area (Å²) in [6.07, 6.45) is 0. The minimum Gasteiger partial charge on any atom is -0.506 e. The summed E-state index contributed by atoms with van der Waals surface area (Å²) >= 11 is 0. The molecule has 0 aliphatic heterocycles. The predicted molar refractivity (Wildman–Crippen MR) is 65.7 cm³/mol. The molecule has 0 spiro atoms. The number of nitrogens with zero attached hydrogens (tertiary/aromatic N) is 1. The summed E-state index contributed by atoms with van der Waals surface area (Å²) in [5.74, 6) is -0.537. The van der Waals surface area contributed by atoms with Gasteiger partial charge in [-0.05, 0) is 30.7 Å². The number of nitrogens with one attached hydrogen (secondary N) is 2. The molecular weight excluding hydrogens is 234 g/mol. The van der Waals surface area contributed by atoms with Crippen LogP contribution in [0.5, 0.6) is 5.75 Å². The summed E-state index contributed by atoms with van der Waals surface area (Å²) < 4.78 is 0. The fraction of sp³-hybridized carbons (Fsp3) is 0.0833. The van der Waals surface area contributed by atoms with Gasteiger partial charge >= 0.3 is 0 Å². The molecule has 1 aromatic heterocycles. The molecule has 0 saturated heterocycles. The smallest absolute Gasteiger partial charge is 0.276 e. The predicted octanol–water partition coefficient (Wildman–Crippen LogP) is 1.04. The molecule has 92 valence electrons. The maximum absolute atomic E-state index is 11.8. The third-order valence-corrected chi connectivity index (χ3v) is 2.31. The molecule has 1 heterocycles. The summed E-state index contributed by atoms with van der Waals surface area (Å²) in [6, 6.07) is 7.37. The van der Waals surface area contributed by atoms with Crippen LogP contribution in [0.15, 0.2) is 35.1 Å². The molecule has 1 amide bonds. The van der Waals surface area contributed by atoms with Gasteiger partial charge < -0.3 is 10.4 Å². The largest absolute Gasteiger partial charge is 0.506 e. The number of amides is 1. The average molecular weight is 245 g/mol. The molecule has 0 bridgehead atoms. The normalized spacial score (nSPS) is 10.1. The lowest BCUT2D eigenvalue weighted by Crippen LogP contribution is -2.17. The Bertz CT molecular complexity index is 629. The number of carbonyl (C=O) groups is 1. The van der Waals surface area contributed by atoms with E-state index < -0.39 is 5.91 Å². The monoisotopic (exact) mass is 245 g/mol. The first kappa shape index (κ1) is 11.8. The van der Waals surface area contributed by atoms with Crippen molar-refractivity contribution in [3.8, 4) is 5.75 Å². The minimum absolute atomic E-state index is 0.0293. The summed E-state index contributed by atoms with van der Waals surface area (Å²) in [5.41, 5.74) is 0.881. The van der Waals surface area contributed by atoms with E-state index >= 15 is 0 Å². The van der Waals surface area contributed by atoms with Gasteiger partial charge in [0.2, 0.25) is 0 Å². The van der Waals surface area contributed by atoms with Crippen LogP contribution in [0.3, 0.4) is 0 Å². The fourth-order valence-corrected chi connectivity index (χ4v) is 1.41. The van der Waals surface area contributed by atoms with Gasteiger partial charge in [0.05, 0.1) is 5.69 Å². The number of carbonyl (C=O) groups excluding carboxylic acids is 1. The number of benzene rings is 1. The number of anilines is 1. The zero-order valence-electron chi connectivity index (χ0n) is 9.60. The highest BCUT2D eigenvalue weighted by Gasteiger charge is 2.10. The Morgan fingerprint density at radius 1 is 1.33 bits per heavy atom. The van der Waals surface area contributed by atoms with E-state index in [1.165, 1.54) is 18.2 Å².